The number of carbonyl (C=O) groups excluding carboxylic acids is 1. The van der Waals surface area contributed by atoms with Crippen LogP contribution in [0.15, 0.2) is 18.2 Å². The molecule has 2 fully saturated rings. The number of rotatable bonds is 4. The summed E-state index contributed by atoms with van der Waals surface area (Å²) in [5, 5.41) is 3.36. The smallest absolute Gasteiger partial charge is 0.268 e. The fourth-order valence-electron chi connectivity index (χ4n) is 4.62. The first-order valence-corrected chi connectivity index (χ1v) is 11.6. The Bertz CT molecular complexity index is 569. The van der Waals surface area contributed by atoms with E-state index in [-0.39, 0.29) is 37.9 Å². The number of hydrogen-bond acceptors (Lipinski definition) is 1. The average molecular weight is 421 g/mol. The molecule has 0 aromatic heterocycles. The summed E-state index contributed by atoms with van der Waals surface area (Å²) in [6.07, 6.45) is 11.7. The van der Waals surface area contributed by atoms with Gasteiger partial charge in [0.25, 0.3) is 5.91 Å². The maximum Gasteiger partial charge on any atom is 0.268 e. The van der Waals surface area contributed by atoms with Gasteiger partial charge in [0.1, 0.15) is 0 Å². The molecule has 3 rings (SSSR count). The zero-order valence-corrected chi connectivity index (χ0v) is 19.3. The topological polar surface area (TPSA) is 29.1 Å². The van der Waals surface area contributed by atoms with E-state index in [1.54, 1.807) is 0 Å². The van der Waals surface area contributed by atoms with Crippen LogP contribution in [0.3, 0.4) is 0 Å². The Morgan fingerprint density at radius 1 is 1.08 bits per heavy atom. The fourth-order valence-corrected chi connectivity index (χ4v) is 10.1. The van der Waals surface area contributed by atoms with E-state index in [9.17, 15) is 4.79 Å². The second-order valence-corrected chi connectivity index (χ2v) is 12.2. The molecule has 0 bridgehead atoms. The van der Waals surface area contributed by atoms with Crippen LogP contribution in [0.2, 0.25) is 0 Å². The van der Waals surface area contributed by atoms with Gasteiger partial charge in [0.05, 0.1) is 18.5 Å². The minimum absolute atomic E-state index is 0. The van der Waals surface area contributed by atoms with Crippen molar-refractivity contribution >= 4 is 18.9 Å². The molecule has 0 spiro atoms. The standard InChI is InChI=1S/C20H30NOP.Y/c1-4-23(14-7-5-6-8-15-23)20(12-13-20)19(22)21-18-16(2)10-9-11-17(18)3;/h9-11H,4-8,12-15H2,1-3H3;/p+1. The van der Waals surface area contributed by atoms with Crippen molar-refractivity contribution in [3.05, 3.63) is 29.3 Å². The minimum Gasteiger partial charge on any atom is -0.322 e. The zero-order valence-electron chi connectivity index (χ0n) is 15.5. The van der Waals surface area contributed by atoms with E-state index in [1.165, 1.54) is 55.3 Å². The van der Waals surface area contributed by atoms with Crippen LogP contribution in [0.4, 0.5) is 5.69 Å². The summed E-state index contributed by atoms with van der Waals surface area (Å²) in [6.45, 7) is 6.54. The van der Waals surface area contributed by atoms with Gasteiger partial charge in [-0.15, -0.1) is 0 Å². The third-order valence-corrected chi connectivity index (χ3v) is 12.3. The molecule has 24 heavy (non-hydrogen) atoms. The first-order valence-electron chi connectivity index (χ1n) is 9.28. The van der Waals surface area contributed by atoms with E-state index in [4.69, 9.17) is 0 Å². The Balaban J connectivity index is 0.00000208. The molecule has 129 valence electrons. The predicted octanol–water partition coefficient (Wildman–Crippen LogP) is 5.38. The third-order valence-electron chi connectivity index (χ3n) is 6.30. The van der Waals surface area contributed by atoms with Crippen molar-refractivity contribution in [3.8, 4) is 0 Å². The van der Waals surface area contributed by atoms with Gasteiger partial charge in [-0.25, -0.2) is 0 Å². The monoisotopic (exact) mass is 421 g/mol. The first kappa shape index (κ1) is 20.5. The van der Waals surface area contributed by atoms with Gasteiger partial charge >= 0.3 is 0 Å². The molecule has 1 amide bonds. The van der Waals surface area contributed by atoms with Crippen LogP contribution in [0.5, 0.6) is 0 Å². The number of para-hydroxylation sites is 1. The zero-order chi connectivity index (χ0) is 16.5. The van der Waals surface area contributed by atoms with Crippen LogP contribution in [0.25, 0.3) is 0 Å². The number of carbonyl (C=O) groups is 1. The van der Waals surface area contributed by atoms with Crippen molar-refractivity contribution in [2.45, 2.75) is 64.5 Å². The van der Waals surface area contributed by atoms with Crippen molar-refractivity contribution < 1.29 is 37.5 Å². The van der Waals surface area contributed by atoms with Crippen LogP contribution in [0.1, 0.15) is 56.6 Å². The summed E-state index contributed by atoms with van der Waals surface area (Å²) in [4.78, 5) is 13.3. The molecule has 0 unspecified atom stereocenters. The van der Waals surface area contributed by atoms with E-state index in [2.05, 4.69) is 44.3 Å². The van der Waals surface area contributed by atoms with Crippen molar-refractivity contribution in [2.24, 2.45) is 0 Å². The second kappa shape index (κ2) is 8.28. The molecule has 0 atom stereocenters. The van der Waals surface area contributed by atoms with E-state index in [1.807, 2.05) is 0 Å². The van der Waals surface area contributed by atoms with Crippen LogP contribution in [-0.4, -0.2) is 29.5 Å². The predicted molar refractivity (Wildman–Crippen MR) is 102 cm³/mol. The van der Waals surface area contributed by atoms with Crippen LogP contribution >= 0.6 is 7.26 Å². The van der Waals surface area contributed by atoms with Gasteiger partial charge in [-0.05, 0) is 57.6 Å². The number of aryl methyl sites for hydroxylation is 2. The fraction of sp³-hybridized carbons (Fsp3) is 0.650. The first-order chi connectivity index (χ1) is 11.0. The normalized spacial score (nSPS) is 21.3. The summed E-state index contributed by atoms with van der Waals surface area (Å²) < 4.78 is 0. The molecular weight excluding hydrogens is 390 g/mol. The van der Waals surface area contributed by atoms with Gasteiger partial charge in [-0.3, -0.25) is 4.79 Å². The van der Waals surface area contributed by atoms with Crippen LogP contribution in [-0.2, 0) is 37.5 Å². The van der Waals surface area contributed by atoms with Crippen molar-refractivity contribution in [2.75, 3.05) is 23.8 Å². The maximum absolute atomic E-state index is 13.3. The Morgan fingerprint density at radius 2 is 1.62 bits per heavy atom. The molecule has 1 aliphatic carbocycles. The molecule has 4 heteroatoms. The molecule has 1 heterocycles. The van der Waals surface area contributed by atoms with Gasteiger partial charge in [0, 0.05) is 58.5 Å². The summed E-state index contributed by atoms with van der Waals surface area (Å²) >= 11 is 0. The van der Waals surface area contributed by atoms with Gasteiger partial charge in [-0.2, -0.15) is 0 Å². The molecule has 1 radical (unpaired) electrons. The molecule has 1 N–H and O–H groups in total. The number of anilines is 1. The van der Waals surface area contributed by atoms with E-state index in [0.717, 1.165) is 18.5 Å². The van der Waals surface area contributed by atoms with E-state index < -0.39 is 7.26 Å². The molecule has 1 aromatic rings. The third kappa shape index (κ3) is 3.67. The Labute approximate surface area is 173 Å². The van der Waals surface area contributed by atoms with Crippen molar-refractivity contribution in [1.82, 2.24) is 0 Å². The van der Waals surface area contributed by atoms with Crippen LogP contribution < -0.4 is 5.32 Å². The van der Waals surface area contributed by atoms with Crippen molar-refractivity contribution in [1.29, 1.82) is 0 Å². The van der Waals surface area contributed by atoms with Gasteiger partial charge in [0.15, 0.2) is 5.16 Å². The number of nitrogens with one attached hydrogen (secondary N) is 1. The summed E-state index contributed by atoms with van der Waals surface area (Å²) in [5.74, 6) is 0.340. The largest absolute Gasteiger partial charge is 0.322 e. The van der Waals surface area contributed by atoms with E-state index in [0.29, 0.717) is 5.91 Å². The molecule has 1 saturated heterocycles. The van der Waals surface area contributed by atoms with E-state index >= 15 is 0 Å². The SMILES string of the molecule is CC[P+]1(C2(C(=O)Nc3c(C)cccc3C)CC2)CCCCCC1.[Y]. The molecule has 2 nitrogen and oxygen atoms in total. The quantitative estimate of drug-likeness (QED) is 0.650. The molecule has 1 aromatic carbocycles. The summed E-state index contributed by atoms with van der Waals surface area (Å²) in [7, 11) is -1.14. The molecule has 1 aliphatic heterocycles. The number of benzene rings is 1. The molecule has 2 aliphatic rings. The number of hydrogen-bond donors (Lipinski definition) is 1. The van der Waals surface area contributed by atoms with Gasteiger partial charge in [-0.1, -0.05) is 18.2 Å². The Morgan fingerprint density at radius 3 is 2.08 bits per heavy atom. The maximum atomic E-state index is 13.3. The van der Waals surface area contributed by atoms with Crippen molar-refractivity contribution in [3.63, 3.8) is 0 Å². The molecule has 1 saturated carbocycles. The Hall–Kier alpha value is 0.224. The number of amides is 1. The second-order valence-electron chi connectivity index (χ2n) is 7.58. The average Bonchev–Trinajstić information content (AvgIpc) is 3.35. The Kier molecular flexibility index (Phi) is 7.08. The van der Waals surface area contributed by atoms with Gasteiger partial charge < -0.3 is 5.32 Å². The van der Waals surface area contributed by atoms with Crippen LogP contribution in [0, 0.1) is 13.8 Å². The summed E-state index contributed by atoms with van der Waals surface area (Å²) in [5.41, 5.74) is 3.41. The van der Waals surface area contributed by atoms with Gasteiger partial charge in [0.2, 0.25) is 0 Å². The summed E-state index contributed by atoms with van der Waals surface area (Å²) in [6, 6.07) is 6.26. The minimum atomic E-state index is -1.14. The molecular formula is C20H31NOPY+.